The van der Waals surface area contributed by atoms with Crippen molar-refractivity contribution in [1.29, 1.82) is 0 Å². The lowest BCUT2D eigenvalue weighted by Crippen LogP contribution is -2.10. The summed E-state index contributed by atoms with van der Waals surface area (Å²) < 4.78 is 4.97. The van der Waals surface area contributed by atoms with Crippen LogP contribution in [0, 0.1) is 0 Å². The summed E-state index contributed by atoms with van der Waals surface area (Å²) in [5, 5.41) is 2.90. The fourth-order valence-corrected chi connectivity index (χ4v) is 1.59. The Morgan fingerprint density at radius 3 is 2.73 bits per heavy atom. The number of hydrogen-bond donors (Lipinski definition) is 1. The van der Waals surface area contributed by atoms with Gasteiger partial charge >= 0.3 is 5.97 Å². The highest BCUT2D eigenvalue weighted by molar-refractivity contribution is 7.17. The number of nitrogens with one attached hydrogen (secondary N) is 1. The molecule has 1 aromatic heterocycles. The predicted octanol–water partition coefficient (Wildman–Crippen LogP) is 1.67. The summed E-state index contributed by atoms with van der Waals surface area (Å²) in [5.74, 6) is -0.632. The maximum atomic E-state index is 11.4. The Balaban J connectivity index is 2.67. The molecule has 0 aliphatic rings. The van der Waals surface area contributed by atoms with Crippen LogP contribution in [0.15, 0.2) is 6.20 Å². The summed E-state index contributed by atoms with van der Waals surface area (Å²) in [6.45, 7) is 4.93. The molecule has 0 fully saturated rings. The van der Waals surface area contributed by atoms with Crippen molar-refractivity contribution in [1.82, 2.24) is 4.98 Å². The smallest absolute Gasteiger partial charge is 0.350 e. The molecule has 15 heavy (non-hydrogen) atoms. The van der Waals surface area contributed by atoms with E-state index in [1.807, 2.05) is 0 Å². The lowest BCUT2D eigenvalue weighted by Gasteiger charge is -2.04. The highest BCUT2D eigenvalue weighted by Gasteiger charge is 2.13. The summed E-state index contributed by atoms with van der Waals surface area (Å²) in [7, 11) is 0. The van der Waals surface area contributed by atoms with Crippen LogP contribution in [0.1, 0.15) is 30.4 Å². The molecular weight excluding hydrogens is 216 g/mol. The number of ether oxygens (including phenoxy) is 1. The van der Waals surface area contributed by atoms with E-state index in [2.05, 4.69) is 10.3 Å². The van der Waals surface area contributed by atoms with Gasteiger partial charge in [-0.15, -0.1) is 0 Å². The Bertz CT molecular complexity index is 373. The number of nitrogens with zero attached hydrogens (tertiary/aromatic N) is 1. The summed E-state index contributed by atoms with van der Waals surface area (Å²) in [6.07, 6.45) is 1.23. The van der Waals surface area contributed by atoms with Crippen LogP contribution in [0.5, 0.6) is 0 Å². The summed E-state index contributed by atoms with van der Waals surface area (Å²) in [5.41, 5.74) is 0. The normalized spacial score (nSPS) is 10.1. The van der Waals surface area contributed by atoms with Gasteiger partial charge in [0.2, 0.25) is 5.91 Å². The SMILES string of the molecule is CC(=O)Nc1ncc(C(=O)OC(C)C)s1. The van der Waals surface area contributed by atoms with E-state index in [9.17, 15) is 9.59 Å². The van der Waals surface area contributed by atoms with Crippen LogP contribution in [0.3, 0.4) is 0 Å². The highest BCUT2D eigenvalue weighted by Crippen LogP contribution is 2.19. The lowest BCUT2D eigenvalue weighted by atomic mass is 10.5. The van der Waals surface area contributed by atoms with Gasteiger partial charge in [-0.25, -0.2) is 9.78 Å². The molecule has 1 N–H and O–H groups in total. The van der Waals surface area contributed by atoms with Gasteiger partial charge in [-0.2, -0.15) is 0 Å². The fourth-order valence-electron chi connectivity index (χ4n) is 0.849. The van der Waals surface area contributed by atoms with Gasteiger partial charge in [-0.3, -0.25) is 4.79 Å². The number of carbonyl (C=O) groups excluding carboxylic acids is 2. The van der Waals surface area contributed by atoms with Crippen LogP contribution in [-0.2, 0) is 9.53 Å². The molecule has 0 aliphatic carbocycles. The molecule has 1 aromatic rings. The zero-order chi connectivity index (χ0) is 11.4. The second-order valence-corrected chi connectivity index (χ2v) is 4.20. The van der Waals surface area contributed by atoms with Crippen molar-refractivity contribution in [2.24, 2.45) is 0 Å². The van der Waals surface area contributed by atoms with Crippen molar-refractivity contribution in [3.63, 3.8) is 0 Å². The minimum Gasteiger partial charge on any atom is -0.459 e. The molecule has 0 radical (unpaired) electrons. The lowest BCUT2D eigenvalue weighted by molar-refractivity contribution is -0.114. The maximum absolute atomic E-state index is 11.4. The molecule has 6 heteroatoms. The third-order valence-electron chi connectivity index (χ3n) is 1.33. The third kappa shape index (κ3) is 3.67. The zero-order valence-corrected chi connectivity index (χ0v) is 9.55. The number of thiazole rings is 1. The first-order valence-corrected chi connectivity index (χ1v) is 5.25. The van der Waals surface area contributed by atoms with E-state index < -0.39 is 5.97 Å². The number of amides is 1. The average molecular weight is 228 g/mol. The molecule has 1 rings (SSSR count). The first kappa shape index (κ1) is 11.6. The topological polar surface area (TPSA) is 68.3 Å². The highest BCUT2D eigenvalue weighted by atomic mass is 32.1. The minimum absolute atomic E-state index is 0.163. The van der Waals surface area contributed by atoms with Crippen LogP contribution < -0.4 is 5.32 Å². The van der Waals surface area contributed by atoms with Gasteiger partial charge in [-0.05, 0) is 13.8 Å². The van der Waals surface area contributed by atoms with Gasteiger partial charge in [0.15, 0.2) is 5.13 Å². The van der Waals surface area contributed by atoms with Crippen LogP contribution in [0.25, 0.3) is 0 Å². The number of aromatic nitrogens is 1. The number of esters is 1. The Morgan fingerprint density at radius 2 is 2.20 bits per heavy atom. The molecule has 5 nitrogen and oxygen atoms in total. The van der Waals surface area contributed by atoms with Gasteiger partial charge in [0.05, 0.1) is 12.3 Å². The second kappa shape index (κ2) is 4.88. The Labute approximate surface area is 91.5 Å². The van der Waals surface area contributed by atoms with Crippen LogP contribution >= 0.6 is 11.3 Å². The number of carbonyl (C=O) groups is 2. The van der Waals surface area contributed by atoms with Crippen molar-refractivity contribution in [3.05, 3.63) is 11.1 Å². The first-order chi connectivity index (χ1) is 6.99. The number of anilines is 1. The zero-order valence-electron chi connectivity index (χ0n) is 8.73. The fraction of sp³-hybridized carbons (Fsp3) is 0.444. The standard InChI is InChI=1S/C9H12N2O3S/c1-5(2)14-8(13)7-4-10-9(15-7)11-6(3)12/h4-5H,1-3H3,(H,10,11,12). The van der Waals surface area contributed by atoms with Crippen molar-refractivity contribution >= 4 is 28.3 Å². The second-order valence-electron chi connectivity index (χ2n) is 3.16. The van der Waals surface area contributed by atoms with Crippen LogP contribution in [0.2, 0.25) is 0 Å². The average Bonchev–Trinajstić information content (AvgIpc) is 2.50. The van der Waals surface area contributed by atoms with Gasteiger partial charge in [0.1, 0.15) is 4.88 Å². The predicted molar refractivity (Wildman–Crippen MR) is 57.0 cm³/mol. The first-order valence-electron chi connectivity index (χ1n) is 4.43. The molecule has 0 saturated heterocycles. The van der Waals surface area contributed by atoms with Crippen LogP contribution in [0.4, 0.5) is 5.13 Å². The molecule has 1 heterocycles. The van der Waals surface area contributed by atoms with E-state index in [1.54, 1.807) is 13.8 Å². The van der Waals surface area contributed by atoms with Crippen molar-refractivity contribution in [3.8, 4) is 0 Å². The van der Waals surface area contributed by atoms with E-state index in [1.165, 1.54) is 13.1 Å². The van der Waals surface area contributed by atoms with Gasteiger partial charge in [-0.1, -0.05) is 11.3 Å². The van der Waals surface area contributed by atoms with E-state index in [0.29, 0.717) is 10.0 Å². The quantitative estimate of drug-likeness (QED) is 0.799. The maximum Gasteiger partial charge on any atom is 0.350 e. The van der Waals surface area contributed by atoms with Crippen molar-refractivity contribution in [2.45, 2.75) is 26.9 Å². The number of rotatable bonds is 3. The summed E-state index contributed by atoms with van der Waals surface area (Å²) in [6, 6.07) is 0. The van der Waals surface area contributed by atoms with Crippen molar-refractivity contribution in [2.75, 3.05) is 5.32 Å². The van der Waals surface area contributed by atoms with E-state index in [-0.39, 0.29) is 12.0 Å². The van der Waals surface area contributed by atoms with E-state index in [0.717, 1.165) is 11.3 Å². The summed E-state index contributed by atoms with van der Waals surface area (Å²) >= 11 is 1.09. The molecule has 0 spiro atoms. The minimum atomic E-state index is -0.417. The third-order valence-corrected chi connectivity index (χ3v) is 2.23. The van der Waals surface area contributed by atoms with Crippen LogP contribution in [-0.4, -0.2) is 23.0 Å². The molecule has 82 valence electrons. The van der Waals surface area contributed by atoms with E-state index in [4.69, 9.17) is 4.74 Å². The molecule has 0 bridgehead atoms. The molecule has 0 aliphatic heterocycles. The summed E-state index contributed by atoms with van der Waals surface area (Å²) in [4.78, 5) is 26.4. The van der Waals surface area contributed by atoms with Gasteiger partial charge < -0.3 is 10.1 Å². The van der Waals surface area contributed by atoms with Gasteiger partial charge in [0.25, 0.3) is 0 Å². The Morgan fingerprint density at radius 1 is 1.53 bits per heavy atom. The molecule has 0 unspecified atom stereocenters. The van der Waals surface area contributed by atoms with Gasteiger partial charge in [0, 0.05) is 6.92 Å². The molecule has 0 aromatic carbocycles. The Kier molecular flexibility index (Phi) is 3.79. The largest absolute Gasteiger partial charge is 0.459 e. The monoisotopic (exact) mass is 228 g/mol. The molecule has 0 saturated carbocycles. The number of hydrogen-bond acceptors (Lipinski definition) is 5. The molecule has 0 atom stereocenters. The van der Waals surface area contributed by atoms with E-state index >= 15 is 0 Å². The molecule has 1 amide bonds. The van der Waals surface area contributed by atoms with Crippen molar-refractivity contribution < 1.29 is 14.3 Å². The molecular formula is C9H12N2O3S. The Hall–Kier alpha value is -1.43.